The molecule has 0 radical (unpaired) electrons. The third-order valence-corrected chi connectivity index (χ3v) is 4.12. The Morgan fingerprint density at radius 1 is 1.15 bits per heavy atom. The molecule has 27 heavy (non-hydrogen) atoms. The number of hydrogen-bond donors (Lipinski definition) is 2. The van der Waals surface area contributed by atoms with Crippen molar-refractivity contribution in [3.8, 4) is 11.4 Å². The lowest BCUT2D eigenvalue weighted by molar-refractivity contribution is -0.123. The highest BCUT2D eigenvalue weighted by atomic mass is 16.5. The third kappa shape index (κ3) is 3.64. The van der Waals surface area contributed by atoms with E-state index in [0.29, 0.717) is 11.6 Å². The lowest BCUT2D eigenvalue weighted by Gasteiger charge is -2.14. The van der Waals surface area contributed by atoms with E-state index in [0.717, 1.165) is 16.7 Å². The Morgan fingerprint density at radius 3 is 2.70 bits per heavy atom. The molecule has 8 heteroatoms. The van der Waals surface area contributed by atoms with Crippen molar-refractivity contribution in [2.24, 2.45) is 0 Å². The van der Waals surface area contributed by atoms with Gasteiger partial charge in [-0.05, 0) is 31.2 Å². The number of para-hydroxylation sites is 4. The van der Waals surface area contributed by atoms with Crippen LogP contribution in [0.3, 0.4) is 0 Å². The number of amides is 1. The van der Waals surface area contributed by atoms with Crippen molar-refractivity contribution in [3.05, 3.63) is 67.0 Å². The van der Waals surface area contributed by atoms with Crippen LogP contribution in [0.4, 0.5) is 0 Å². The summed E-state index contributed by atoms with van der Waals surface area (Å²) in [6.07, 6.45) is 3.15. The van der Waals surface area contributed by atoms with Crippen molar-refractivity contribution in [2.75, 3.05) is 6.61 Å². The van der Waals surface area contributed by atoms with Crippen LogP contribution in [-0.4, -0.2) is 37.2 Å². The highest BCUT2D eigenvalue weighted by molar-refractivity contribution is 5.78. The molecule has 8 nitrogen and oxygen atoms in total. The molecule has 2 heterocycles. The van der Waals surface area contributed by atoms with E-state index in [-0.39, 0.29) is 18.6 Å². The Labute approximate surface area is 155 Å². The average molecular weight is 362 g/mol. The summed E-state index contributed by atoms with van der Waals surface area (Å²) in [7, 11) is 0. The molecule has 4 rings (SSSR count). The van der Waals surface area contributed by atoms with E-state index in [1.807, 2.05) is 49.4 Å². The van der Waals surface area contributed by atoms with Crippen molar-refractivity contribution in [2.45, 2.75) is 13.0 Å². The Morgan fingerprint density at radius 2 is 1.89 bits per heavy atom. The maximum absolute atomic E-state index is 12.3. The molecule has 2 aromatic carbocycles. The Kier molecular flexibility index (Phi) is 4.52. The smallest absolute Gasteiger partial charge is 0.258 e. The summed E-state index contributed by atoms with van der Waals surface area (Å²) in [6.45, 7) is 1.77. The number of ether oxygens (including phenoxy) is 1. The van der Waals surface area contributed by atoms with Gasteiger partial charge in [0.25, 0.3) is 5.91 Å². The van der Waals surface area contributed by atoms with Gasteiger partial charge in [0.15, 0.2) is 6.61 Å². The summed E-state index contributed by atoms with van der Waals surface area (Å²) in [5.41, 5.74) is 2.57. The normalized spacial score (nSPS) is 12.0. The molecule has 0 saturated carbocycles. The van der Waals surface area contributed by atoms with Crippen molar-refractivity contribution >= 4 is 16.9 Å². The lowest BCUT2D eigenvalue weighted by atomic mass is 10.3. The number of carbonyl (C=O) groups is 1. The van der Waals surface area contributed by atoms with Gasteiger partial charge in [-0.3, -0.25) is 9.36 Å². The first-order valence-electron chi connectivity index (χ1n) is 8.51. The van der Waals surface area contributed by atoms with E-state index in [2.05, 4.69) is 25.5 Å². The monoisotopic (exact) mass is 362 g/mol. The zero-order valence-corrected chi connectivity index (χ0v) is 14.7. The zero-order chi connectivity index (χ0) is 18.6. The number of rotatable bonds is 6. The van der Waals surface area contributed by atoms with Gasteiger partial charge in [0.1, 0.15) is 24.2 Å². The minimum Gasteiger partial charge on any atom is -0.482 e. The van der Waals surface area contributed by atoms with Gasteiger partial charge < -0.3 is 15.0 Å². The molecule has 0 fully saturated rings. The van der Waals surface area contributed by atoms with Crippen LogP contribution in [0.5, 0.6) is 5.75 Å². The number of carbonyl (C=O) groups excluding carboxylic acids is 1. The number of fused-ring (bicyclic) bond motifs is 1. The zero-order valence-electron chi connectivity index (χ0n) is 14.7. The maximum Gasteiger partial charge on any atom is 0.258 e. The molecule has 4 aromatic rings. The van der Waals surface area contributed by atoms with Gasteiger partial charge in [-0.25, -0.2) is 4.98 Å². The van der Waals surface area contributed by atoms with Crippen LogP contribution in [0.15, 0.2) is 61.2 Å². The first-order chi connectivity index (χ1) is 13.2. The van der Waals surface area contributed by atoms with E-state index in [9.17, 15) is 4.79 Å². The fraction of sp³-hybridized carbons (Fsp3) is 0.158. The van der Waals surface area contributed by atoms with Gasteiger partial charge in [-0.15, -0.1) is 10.2 Å². The number of imidazole rings is 1. The second kappa shape index (κ2) is 7.28. The van der Waals surface area contributed by atoms with Crippen LogP contribution in [0, 0.1) is 0 Å². The molecule has 0 bridgehead atoms. The number of nitrogens with one attached hydrogen (secondary N) is 2. The Hall–Kier alpha value is -3.68. The van der Waals surface area contributed by atoms with E-state index >= 15 is 0 Å². The summed E-state index contributed by atoms with van der Waals surface area (Å²) in [4.78, 5) is 20.0. The van der Waals surface area contributed by atoms with Crippen LogP contribution in [0.1, 0.15) is 18.8 Å². The van der Waals surface area contributed by atoms with Gasteiger partial charge in [0, 0.05) is 0 Å². The van der Waals surface area contributed by atoms with Gasteiger partial charge in [0.05, 0.1) is 22.8 Å². The molecule has 136 valence electrons. The van der Waals surface area contributed by atoms with Gasteiger partial charge in [-0.1, -0.05) is 24.3 Å². The van der Waals surface area contributed by atoms with Crippen molar-refractivity contribution in [1.29, 1.82) is 0 Å². The van der Waals surface area contributed by atoms with Crippen LogP contribution in [0.25, 0.3) is 16.7 Å². The summed E-state index contributed by atoms with van der Waals surface area (Å²) >= 11 is 0. The average Bonchev–Trinajstić information content (AvgIpc) is 3.36. The first-order valence-corrected chi connectivity index (χ1v) is 8.51. The van der Waals surface area contributed by atoms with Crippen LogP contribution < -0.4 is 10.1 Å². The Bertz CT molecular complexity index is 1020. The molecule has 0 aliphatic carbocycles. The number of H-pyrrole nitrogens is 1. The van der Waals surface area contributed by atoms with E-state index in [4.69, 9.17) is 4.74 Å². The SMILES string of the molecule is C[C@@H](NC(=O)COc1ccccc1-n1cnnc1)c1nc2ccccc2[nH]1. The summed E-state index contributed by atoms with van der Waals surface area (Å²) in [5, 5.41) is 10.5. The van der Waals surface area contributed by atoms with Crippen LogP contribution >= 0.6 is 0 Å². The van der Waals surface area contributed by atoms with Crippen molar-refractivity contribution in [3.63, 3.8) is 0 Å². The molecule has 2 N–H and O–H groups in total. The van der Waals surface area contributed by atoms with E-state index in [1.54, 1.807) is 23.3 Å². The number of hydrogen-bond acceptors (Lipinski definition) is 5. The largest absolute Gasteiger partial charge is 0.482 e. The fourth-order valence-electron chi connectivity index (χ4n) is 2.79. The maximum atomic E-state index is 12.3. The molecule has 0 spiro atoms. The number of nitrogens with zero attached hydrogens (tertiary/aromatic N) is 4. The third-order valence-electron chi connectivity index (χ3n) is 4.12. The summed E-state index contributed by atoms with van der Waals surface area (Å²) in [5.74, 6) is 1.04. The minimum absolute atomic E-state index is 0.107. The summed E-state index contributed by atoms with van der Waals surface area (Å²) < 4.78 is 7.43. The molecule has 1 atom stereocenters. The highest BCUT2D eigenvalue weighted by Gasteiger charge is 2.14. The number of aromatic amines is 1. The van der Waals surface area contributed by atoms with Gasteiger partial charge in [0.2, 0.25) is 0 Å². The van der Waals surface area contributed by atoms with Crippen molar-refractivity contribution in [1.82, 2.24) is 30.0 Å². The molecule has 0 unspecified atom stereocenters. The second-order valence-electron chi connectivity index (χ2n) is 6.05. The quantitative estimate of drug-likeness (QED) is 0.549. The topological polar surface area (TPSA) is 97.7 Å². The second-order valence-corrected chi connectivity index (χ2v) is 6.05. The van der Waals surface area contributed by atoms with Gasteiger partial charge >= 0.3 is 0 Å². The van der Waals surface area contributed by atoms with E-state index < -0.39 is 0 Å². The first kappa shape index (κ1) is 16.8. The molecule has 0 aliphatic rings. The predicted molar refractivity (Wildman–Crippen MR) is 99.5 cm³/mol. The minimum atomic E-state index is -0.262. The van der Waals surface area contributed by atoms with Crippen LogP contribution in [0.2, 0.25) is 0 Å². The Balaban J connectivity index is 1.40. The molecule has 0 saturated heterocycles. The number of benzene rings is 2. The molecular formula is C19H18N6O2. The predicted octanol–water partition coefficient (Wildman–Crippen LogP) is 2.40. The van der Waals surface area contributed by atoms with Crippen molar-refractivity contribution < 1.29 is 9.53 Å². The molecule has 2 aromatic heterocycles. The molecule has 0 aliphatic heterocycles. The van der Waals surface area contributed by atoms with Gasteiger partial charge in [-0.2, -0.15) is 0 Å². The van der Waals surface area contributed by atoms with Crippen LogP contribution in [-0.2, 0) is 4.79 Å². The highest BCUT2D eigenvalue weighted by Crippen LogP contribution is 2.22. The standard InChI is InChI=1S/C19H18N6O2/c1-13(19-23-14-6-2-3-7-15(14)24-19)22-18(26)10-27-17-9-5-4-8-16(17)25-11-20-21-12-25/h2-9,11-13H,10H2,1H3,(H,22,26)(H,23,24)/t13-/m1/s1. The van der Waals surface area contributed by atoms with E-state index in [1.165, 1.54) is 0 Å². The fourth-order valence-corrected chi connectivity index (χ4v) is 2.79. The summed E-state index contributed by atoms with van der Waals surface area (Å²) in [6, 6.07) is 14.9. The number of aromatic nitrogens is 5. The molecular weight excluding hydrogens is 344 g/mol. The molecule has 1 amide bonds. The lowest BCUT2D eigenvalue weighted by Crippen LogP contribution is -2.31.